The van der Waals surface area contributed by atoms with Gasteiger partial charge < -0.3 is 4.74 Å². The fraction of sp³-hybridized carbons (Fsp3) is 0.333. The maximum Gasteiger partial charge on any atom is 0.358 e. The number of H-pyrrole nitrogens is 1. The topological polar surface area (TPSA) is 92.4 Å². The third kappa shape index (κ3) is 3.45. The van der Waals surface area contributed by atoms with Gasteiger partial charge in [0.2, 0.25) is 0 Å². The summed E-state index contributed by atoms with van der Waals surface area (Å²) < 4.78 is 5.16. The molecule has 2 aromatic rings. The number of aromatic amines is 1. The zero-order valence-corrected chi connectivity index (χ0v) is 13.9. The van der Waals surface area contributed by atoms with Crippen molar-refractivity contribution in [2.75, 3.05) is 13.2 Å². The minimum atomic E-state index is -0.513. The Hall–Kier alpha value is -2.96. The van der Waals surface area contributed by atoms with E-state index < -0.39 is 5.97 Å². The first-order valence-corrected chi connectivity index (χ1v) is 8.28. The van der Waals surface area contributed by atoms with E-state index in [2.05, 4.69) is 10.2 Å². The molecule has 1 aromatic heterocycles. The summed E-state index contributed by atoms with van der Waals surface area (Å²) in [5.74, 6) is -1.12. The molecule has 2 amide bonds. The highest BCUT2D eigenvalue weighted by atomic mass is 16.5. The Labute approximate surface area is 145 Å². The number of carbonyl (C=O) groups excluding carboxylic acids is 3. The highest BCUT2D eigenvalue weighted by Crippen LogP contribution is 2.22. The quantitative estimate of drug-likeness (QED) is 0.473. The molecule has 25 heavy (non-hydrogen) atoms. The van der Waals surface area contributed by atoms with Crippen LogP contribution in [0.5, 0.6) is 0 Å². The molecule has 7 heteroatoms. The Morgan fingerprint density at radius 1 is 1.20 bits per heavy atom. The number of ether oxygens (including phenoxy) is 1. The van der Waals surface area contributed by atoms with E-state index in [0.717, 1.165) is 18.5 Å². The average molecular weight is 341 g/mol. The second kappa shape index (κ2) is 7.29. The molecule has 130 valence electrons. The van der Waals surface area contributed by atoms with Crippen LogP contribution in [0.1, 0.15) is 56.7 Å². The third-order valence-electron chi connectivity index (χ3n) is 4.00. The van der Waals surface area contributed by atoms with Crippen LogP contribution in [0.4, 0.5) is 0 Å². The van der Waals surface area contributed by atoms with Crippen molar-refractivity contribution in [2.24, 2.45) is 0 Å². The number of hydrogen-bond acceptors (Lipinski definition) is 5. The van der Waals surface area contributed by atoms with E-state index in [1.807, 2.05) is 6.92 Å². The van der Waals surface area contributed by atoms with E-state index >= 15 is 0 Å². The summed E-state index contributed by atoms with van der Waals surface area (Å²) in [6.45, 7) is 2.36. The maximum absolute atomic E-state index is 12.2. The van der Waals surface area contributed by atoms with Gasteiger partial charge in [0.15, 0.2) is 5.69 Å². The summed E-state index contributed by atoms with van der Waals surface area (Å²) in [6, 6.07) is 8.41. The number of hydrogen-bond donors (Lipinski definition) is 1. The second-order valence-electron chi connectivity index (χ2n) is 5.83. The molecule has 1 N–H and O–H groups in total. The van der Waals surface area contributed by atoms with Crippen molar-refractivity contribution in [3.05, 3.63) is 52.8 Å². The zero-order chi connectivity index (χ0) is 17.8. The van der Waals surface area contributed by atoms with Crippen LogP contribution in [0.15, 0.2) is 30.3 Å². The molecule has 3 rings (SSSR count). The number of fused-ring (bicyclic) bond motifs is 1. The number of esters is 1. The van der Waals surface area contributed by atoms with Gasteiger partial charge in [-0.05, 0) is 31.0 Å². The number of carbonyl (C=O) groups is 3. The molecule has 0 bridgehead atoms. The van der Waals surface area contributed by atoms with Gasteiger partial charge in [-0.15, -0.1) is 0 Å². The first-order chi connectivity index (χ1) is 12.1. The van der Waals surface area contributed by atoms with E-state index in [4.69, 9.17) is 4.74 Å². The van der Waals surface area contributed by atoms with Crippen LogP contribution in [-0.2, 0) is 11.2 Å². The molecule has 0 spiro atoms. The molecule has 1 aromatic carbocycles. The van der Waals surface area contributed by atoms with Crippen molar-refractivity contribution in [2.45, 2.75) is 26.2 Å². The van der Waals surface area contributed by atoms with Crippen molar-refractivity contribution in [1.82, 2.24) is 15.1 Å². The first-order valence-electron chi connectivity index (χ1n) is 8.28. The summed E-state index contributed by atoms with van der Waals surface area (Å²) in [5, 5.41) is 6.72. The molecule has 1 aliphatic heterocycles. The van der Waals surface area contributed by atoms with Crippen molar-refractivity contribution in [3.8, 4) is 0 Å². The molecule has 2 heterocycles. The second-order valence-corrected chi connectivity index (χ2v) is 5.83. The molecular formula is C18H19N3O4. The Bertz CT molecular complexity index is 777. The molecular weight excluding hydrogens is 322 g/mol. The lowest BCUT2D eigenvalue weighted by atomic mass is 10.1. The first kappa shape index (κ1) is 16.9. The highest BCUT2D eigenvalue weighted by molar-refractivity contribution is 6.21. The van der Waals surface area contributed by atoms with Crippen LogP contribution >= 0.6 is 0 Å². The van der Waals surface area contributed by atoms with Crippen LogP contribution in [0.25, 0.3) is 0 Å². The van der Waals surface area contributed by atoms with Gasteiger partial charge >= 0.3 is 5.97 Å². The molecule has 0 unspecified atom stereocenters. The van der Waals surface area contributed by atoms with E-state index in [1.54, 1.807) is 30.3 Å². The Kier molecular flexibility index (Phi) is 4.92. The van der Waals surface area contributed by atoms with Gasteiger partial charge in [0.1, 0.15) is 0 Å². The SMILES string of the molecule is CCCc1cc(C(=O)OCCCN2C(=O)c3ccccc3C2=O)n[nH]1. The number of imide groups is 1. The number of benzene rings is 1. The molecule has 1 aliphatic rings. The lowest BCUT2D eigenvalue weighted by Crippen LogP contribution is -2.31. The minimum absolute atomic E-state index is 0.113. The van der Waals surface area contributed by atoms with Crippen molar-refractivity contribution < 1.29 is 19.1 Å². The molecule has 7 nitrogen and oxygen atoms in total. The van der Waals surface area contributed by atoms with Gasteiger partial charge in [-0.2, -0.15) is 5.10 Å². The Morgan fingerprint density at radius 3 is 2.52 bits per heavy atom. The summed E-state index contributed by atoms with van der Waals surface area (Å²) in [6.07, 6.45) is 2.15. The van der Waals surface area contributed by atoms with E-state index in [9.17, 15) is 14.4 Å². The third-order valence-corrected chi connectivity index (χ3v) is 4.00. The van der Waals surface area contributed by atoms with Crippen LogP contribution in [0.2, 0.25) is 0 Å². The van der Waals surface area contributed by atoms with Gasteiger partial charge in [-0.1, -0.05) is 25.5 Å². The lowest BCUT2D eigenvalue weighted by molar-refractivity contribution is 0.0476. The fourth-order valence-corrected chi connectivity index (χ4v) is 2.77. The van der Waals surface area contributed by atoms with Crippen molar-refractivity contribution >= 4 is 17.8 Å². The Balaban J connectivity index is 1.48. The number of nitrogens with one attached hydrogen (secondary N) is 1. The standard InChI is InChI=1S/C18H19N3O4/c1-2-6-12-11-15(20-19-12)18(24)25-10-5-9-21-16(22)13-7-3-4-8-14(13)17(21)23/h3-4,7-8,11H,2,5-6,9-10H2,1H3,(H,19,20). The van der Waals surface area contributed by atoms with Crippen molar-refractivity contribution in [1.29, 1.82) is 0 Å². The van der Waals surface area contributed by atoms with E-state index in [-0.39, 0.29) is 30.7 Å². The maximum atomic E-state index is 12.2. The van der Waals surface area contributed by atoms with Crippen LogP contribution in [0, 0.1) is 0 Å². The number of rotatable bonds is 7. The molecule has 0 fully saturated rings. The summed E-state index contributed by atoms with van der Waals surface area (Å²) in [5.41, 5.74) is 1.97. The monoisotopic (exact) mass is 341 g/mol. The van der Waals surface area contributed by atoms with Crippen LogP contribution in [-0.4, -0.2) is 46.0 Å². The van der Waals surface area contributed by atoms with Gasteiger partial charge in [-0.25, -0.2) is 4.79 Å². The van der Waals surface area contributed by atoms with Crippen LogP contribution < -0.4 is 0 Å². The molecule has 0 aliphatic carbocycles. The van der Waals surface area contributed by atoms with Gasteiger partial charge in [0.25, 0.3) is 11.8 Å². The number of aryl methyl sites for hydroxylation is 1. The highest BCUT2D eigenvalue weighted by Gasteiger charge is 2.34. The van der Waals surface area contributed by atoms with Crippen LogP contribution in [0.3, 0.4) is 0 Å². The number of nitrogens with zero attached hydrogens (tertiary/aromatic N) is 2. The van der Waals surface area contributed by atoms with Crippen molar-refractivity contribution in [3.63, 3.8) is 0 Å². The van der Waals surface area contributed by atoms with Gasteiger partial charge in [0.05, 0.1) is 17.7 Å². The molecule has 0 radical (unpaired) electrons. The number of aromatic nitrogens is 2. The summed E-state index contributed by atoms with van der Waals surface area (Å²) >= 11 is 0. The van der Waals surface area contributed by atoms with E-state index in [1.165, 1.54) is 4.90 Å². The van der Waals surface area contributed by atoms with E-state index in [0.29, 0.717) is 17.5 Å². The number of amides is 2. The molecule has 0 saturated heterocycles. The largest absolute Gasteiger partial charge is 0.461 e. The fourth-order valence-electron chi connectivity index (χ4n) is 2.77. The molecule has 0 saturated carbocycles. The molecule has 0 atom stereocenters. The van der Waals surface area contributed by atoms with Gasteiger partial charge in [0, 0.05) is 12.2 Å². The Morgan fingerprint density at radius 2 is 1.88 bits per heavy atom. The summed E-state index contributed by atoms with van der Waals surface area (Å²) in [4.78, 5) is 37.5. The minimum Gasteiger partial charge on any atom is -0.461 e. The smallest absolute Gasteiger partial charge is 0.358 e. The average Bonchev–Trinajstić information content (AvgIpc) is 3.18. The van der Waals surface area contributed by atoms with Gasteiger partial charge in [-0.3, -0.25) is 19.6 Å². The predicted molar refractivity (Wildman–Crippen MR) is 89.3 cm³/mol. The zero-order valence-electron chi connectivity index (χ0n) is 13.9. The summed E-state index contributed by atoms with van der Waals surface area (Å²) in [7, 11) is 0. The normalized spacial score (nSPS) is 13.2. The predicted octanol–water partition coefficient (Wildman–Crippen LogP) is 2.21. The lowest BCUT2D eigenvalue weighted by Gasteiger charge is -2.13.